The lowest BCUT2D eigenvalue weighted by molar-refractivity contribution is -0.149. The number of likely N-dealkylation sites (tertiary alicyclic amines) is 1. The van der Waals surface area contributed by atoms with Gasteiger partial charge >= 0.3 is 5.97 Å². The molecule has 8 heteroatoms. The molecule has 0 aromatic heterocycles. The molecule has 0 saturated carbocycles. The molecule has 1 N–H and O–H groups in total. The van der Waals surface area contributed by atoms with Gasteiger partial charge < -0.3 is 24.6 Å². The lowest BCUT2D eigenvalue weighted by Gasteiger charge is -2.42. The van der Waals surface area contributed by atoms with Gasteiger partial charge in [0.1, 0.15) is 12.0 Å². The molecule has 3 aromatic rings. The summed E-state index contributed by atoms with van der Waals surface area (Å²) in [5.74, 6) is -0.676. The summed E-state index contributed by atoms with van der Waals surface area (Å²) < 4.78 is 11.2. The van der Waals surface area contributed by atoms with Gasteiger partial charge in [-0.3, -0.25) is 14.4 Å². The van der Waals surface area contributed by atoms with Crippen LogP contribution in [-0.2, 0) is 24.5 Å². The van der Waals surface area contributed by atoms with Crippen molar-refractivity contribution in [3.8, 4) is 0 Å². The molecule has 45 heavy (non-hydrogen) atoms. The number of rotatable bonds is 8. The molecule has 8 nitrogen and oxygen atoms in total. The second-order valence-corrected chi connectivity index (χ2v) is 12.0. The van der Waals surface area contributed by atoms with Crippen molar-refractivity contribution >= 4 is 23.5 Å². The van der Waals surface area contributed by atoms with E-state index in [4.69, 9.17) is 9.47 Å². The SMILES string of the molecule is C=CCOC(=O)[C@]1(c2ccccc2)CC[C@@H](C(=O)N2CCC(NC(=O)c3ccccc3N3CCOCC3)CC2)c2ccccc21. The summed E-state index contributed by atoms with van der Waals surface area (Å²) in [4.78, 5) is 45.3. The quantitative estimate of drug-likeness (QED) is 0.292. The van der Waals surface area contributed by atoms with Gasteiger partial charge in [0.15, 0.2) is 0 Å². The molecule has 0 bridgehead atoms. The number of carbonyl (C=O) groups excluding carboxylic acids is 3. The molecule has 0 unspecified atom stereocenters. The number of para-hydroxylation sites is 1. The second kappa shape index (κ2) is 13.7. The highest BCUT2D eigenvalue weighted by atomic mass is 16.5. The number of amides is 2. The molecule has 0 spiro atoms. The number of benzene rings is 3. The van der Waals surface area contributed by atoms with Crippen molar-refractivity contribution in [3.05, 3.63) is 114 Å². The van der Waals surface area contributed by atoms with E-state index >= 15 is 0 Å². The van der Waals surface area contributed by atoms with Crippen LogP contribution in [0.5, 0.6) is 0 Å². The van der Waals surface area contributed by atoms with E-state index in [0.717, 1.165) is 35.5 Å². The first-order valence-electron chi connectivity index (χ1n) is 16.0. The number of hydrogen-bond donors (Lipinski definition) is 1. The van der Waals surface area contributed by atoms with Crippen LogP contribution in [0.3, 0.4) is 0 Å². The molecule has 3 aromatic carbocycles. The first-order chi connectivity index (χ1) is 22.0. The van der Waals surface area contributed by atoms with Crippen LogP contribution in [-0.4, -0.2) is 74.7 Å². The normalized spacial score (nSPS) is 21.8. The van der Waals surface area contributed by atoms with Gasteiger partial charge in [0.05, 0.1) is 24.7 Å². The smallest absolute Gasteiger partial charge is 0.321 e. The lowest BCUT2D eigenvalue weighted by Crippen LogP contribution is -2.49. The van der Waals surface area contributed by atoms with Gasteiger partial charge in [-0.25, -0.2) is 0 Å². The van der Waals surface area contributed by atoms with Crippen molar-refractivity contribution in [3.63, 3.8) is 0 Å². The number of hydrogen-bond acceptors (Lipinski definition) is 6. The van der Waals surface area contributed by atoms with Gasteiger partial charge in [0.25, 0.3) is 5.91 Å². The molecule has 2 fully saturated rings. The van der Waals surface area contributed by atoms with Crippen LogP contribution in [0.15, 0.2) is 91.5 Å². The van der Waals surface area contributed by atoms with E-state index in [1.165, 1.54) is 0 Å². The fraction of sp³-hybridized carbons (Fsp3) is 0.378. The topological polar surface area (TPSA) is 88.2 Å². The fourth-order valence-corrected chi connectivity index (χ4v) is 7.18. The molecule has 1 aliphatic carbocycles. The lowest BCUT2D eigenvalue weighted by atomic mass is 9.63. The number of carbonyl (C=O) groups is 3. The van der Waals surface area contributed by atoms with Crippen LogP contribution in [0.25, 0.3) is 0 Å². The molecule has 2 amide bonds. The maximum Gasteiger partial charge on any atom is 0.321 e. The van der Waals surface area contributed by atoms with Crippen molar-refractivity contribution in [2.24, 2.45) is 0 Å². The minimum Gasteiger partial charge on any atom is -0.461 e. The number of nitrogens with zero attached hydrogens (tertiary/aromatic N) is 2. The summed E-state index contributed by atoms with van der Waals surface area (Å²) in [6, 6.07) is 25.3. The zero-order valence-electron chi connectivity index (χ0n) is 25.7. The number of piperidine rings is 1. The molecule has 2 aliphatic heterocycles. The Labute approximate surface area is 265 Å². The van der Waals surface area contributed by atoms with E-state index in [9.17, 15) is 14.4 Å². The molecule has 6 rings (SSSR count). The average Bonchev–Trinajstić information content (AvgIpc) is 3.11. The molecular weight excluding hydrogens is 566 g/mol. The van der Waals surface area contributed by atoms with E-state index in [0.29, 0.717) is 57.6 Å². The average molecular weight is 608 g/mol. The Morgan fingerprint density at radius 3 is 2.33 bits per heavy atom. The summed E-state index contributed by atoms with van der Waals surface area (Å²) in [5.41, 5.74) is 3.18. The zero-order chi connectivity index (χ0) is 31.2. The molecule has 0 radical (unpaired) electrons. The third-order valence-electron chi connectivity index (χ3n) is 9.49. The Hall–Kier alpha value is -4.43. The number of fused-ring (bicyclic) bond motifs is 1. The Morgan fingerprint density at radius 1 is 0.889 bits per heavy atom. The number of esters is 1. The van der Waals surface area contributed by atoms with E-state index in [2.05, 4.69) is 16.8 Å². The van der Waals surface area contributed by atoms with Gasteiger partial charge in [-0.2, -0.15) is 0 Å². The van der Waals surface area contributed by atoms with Crippen LogP contribution in [0.4, 0.5) is 5.69 Å². The number of nitrogens with one attached hydrogen (secondary N) is 1. The van der Waals surface area contributed by atoms with Crippen LogP contribution in [0.2, 0.25) is 0 Å². The van der Waals surface area contributed by atoms with Crippen molar-refractivity contribution in [2.45, 2.75) is 43.1 Å². The van der Waals surface area contributed by atoms with Crippen LogP contribution < -0.4 is 10.2 Å². The minimum atomic E-state index is -0.994. The van der Waals surface area contributed by atoms with Crippen LogP contribution >= 0.6 is 0 Å². The first kappa shape index (κ1) is 30.6. The van der Waals surface area contributed by atoms with Gasteiger partial charge in [-0.15, -0.1) is 0 Å². The Bertz CT molecular complexity index is 1530. The van der Waals surface area contributed by atoms with E-state index in [-0.39, 0.29) is 36.4 Å². The molecule has 2 heterocycles. The van der Waals surface area contributed by atoms with Crippen LogP contribution in [0.1, 0.15) is 58.6 Å². The van der Waals surface area contributed by atoms with Crippen molar-refractivity contribution in [1.29, 1.82) is 0 Å². The van der Waals surface area contributed by atoms with Gasteiger partial charge in [-0.05, 0) is 54.5 Å². The highest BCUT2D eigenvalue weighted by Crippen LogP contribution is 2.48. The number of morpholine rings is 1. The van der Waals surface area contributed by atoms with E-state index in [1.54, 1.807) is 6.08 Å². The molecule has 2 saturated heterocycles. The first-order valence-corrected chi connectivity index (χ1v) is 16.0. The second-order valence-electron chi connectivity index (χ2n) is 12.0. The van der Waals surface area contributed by atoms with Crippen molar-refractivity contribution in [1.82, 2.24) is 10.2 Å². The summed E-state index contributed by atoms with van der Waals surface area (Å²) in [6.45, 7) is 7.80. The number of ether oxygens (including phenoxy) is 2. The molecule has 3 aliphatic rings. The predicted octanol–water partition coefficient (Wildman–Crippen LogP) is 4.84. The molecule has 234 valence electrons. The van der Waals surface area contributed by atoms with Gasteiger partial charge in [-0.1, -0.05) is 79.4 Å². The fourth-order valence-electron chi connectivity index (χ4n) is 7.18. The Kier molecular flexibility index (Phi) is 9.31. The zero-order valence-corrected chi connectivity index (χ0v) is 25.7. The Morgan fingerprint density at radius 2 is 1.58 bits per heavy atom. The van der Waals surface area contributed by atoms with Crippen molar-refractivity contribution < 1.29 is 23.9 Å². The summed E-state index contributed by atoms with van der Waals surface area (Å²) in [7, 11) is 0. The molecule has 2 atom stereocenters. The largest absolute Gasteiger partial charge is 0.461 e. The van der Waals surface area contributed by atoms with Crippen LogP contribution in [0, 0.1) is 0 Å². The predicted molar refractivity (Wildman–Crippen MR) is 173 cm³/mol. The third kappa shape index (κ3) is 6.12. The van der Waals surface area contributed by atoms with Gasteiger partial charge in [0, 0.05) is 37.9 Å². The highest BCUT2D eigenvalue weighted by molar-refractivity contribution is 6.00. The minimum absolute atomic E-state index is 0.0108. The van der Waals surface area contributed by atoms with E-state index in [1.807, 2.05) is 83.8 Å². The maximum atomic E-state index is 14.1. The maximum absolute atomic E-state index is 14.1. The highest BCUT2D eigenvalue weighted by Gasteiger charge is 2.50. The number of anilines is 1. The standard InChI is InChI=1S/C37H41N3O5/c1-2-24-45-36(43)37(27-10-4-3-5-11-27)19-16-30(29-12-6-8-14-32(29)37)35(42)40-20-17-28(18-21-40)38-34(41)31-13-7-9-15-33(31)39-22-25-44-26-23-39/h2-15,28,30H,1,16-26H2,(H,38,41)/t30-,37+/m1/s1. The Balaban J connectivity index is 1.15. The van der Waals surface area contributed by atoms with Gasteiger partial charge in [0.2, 0.25) is 5.91 Å². The summed E-state index contributed by atoms with van der Waals surface area (Å²) in [5, 5.41) is 3.23. The van der Waals surface area contributed by atoms with E-state index < -0.39 is 5.41 Å². The van der Waals surface area contributed by atoms with Crippen molar-refractivity contribution in [2.75, 3.05) is 50.9 Å². The monoisotopic (exact) mass is 607 g/mol. The third-order valence-corrected chi connectivity index (χ3v) is 9.49. The summed E-state index contributed by atoms with van der Waals surface area (Å²) in [6.07, 6.45) is 3.95. The summed E-state index contributed by atoms with van der Waals surface area (Å²) >= 11 is 0. The molecular formula is C37H41N3O5.